The molecule has 4 heteroatoms. The van der Waals surface area contributed by atoms with Gasteiger partial charge in [-0.3, -0.25) is 4.79 Å². The molecule has 0 atom stereocenters. The van der Waals surface area contributed by atoms with E-state index in [0.29, 0.717) is 6.04 Å². The van der Waals surface area contributed by atoms with Gasteiger partial charge in [0, 0.05) is 49.3 Å². The van der Waals surface area contributed by atoms with Crippen LogP contribution in [0.2, 0.25) is 0 Å². The molecular weight excluding hydrogens is 310 g/mol. The average molecular weight is 339 g/mol. The lowest BCUT2D eigenvalue weighted by molar-refractivity contribution is 0.0746. The van der Waals surface area contributed by atoms with Crippen LogP contribution in [0.15, 0.2) is 30.3 Å². The molecule has 2 heterocycles. The molecule has 134 valence electrons. The summed E-state index contributed by atoms with van der Waals surface area (Å²) in [5.74, 6) is 0.171. The fourth-order valence-corrected chi connectivity index (χ4v) is 4.03. The molecule has 1 saturated heterocycles. The van der Waals surface area contributed by atoms with E-state index in [1.165, 1.54) is 11.3 Å². The van der Waals surface area contributed by atoms with Crippen LogP contribution in [-0.2, 0) is 0 Å². The first-order valence-corrected chi connectivity index (χ1v) is 9.18. The number of hydrogen-bond donors (Lipinski definition) is 0. The molecule has 1 amide bonds. The molecule has 0 saturated carbocycles. The van der Waals surface area contributed by atoms with E-state index in [2.05, 4.69) is 68.4 Å². The smallest absolute Gasteiger partial charge is 0.255 e. The van der Waals surface area contributed by atoms with Crippen LogP contribution in [0.3, 0.4) is 0 Å². The number of carbonyl (C=O) groups excluding carboxylic acids is 1. The topological polar surface area (TPSA) is 28.5 Å². The van der Waals surface area contributed by atoms with Crippen LogP contribution in [0.4, 0.5) is 5.69 Å². The summed E-state index contributed by atoms with van der Waals surface area (Å²) in [4.78, 5) is 17.4. The van der Waals surface area contributed by atoms with Crippen LogP contribution < -0.4 is 4.90 Å². The zero-order valence-corrected chi connectivity index (χ0v) is 16.0. The van der Waals surface area contributed by atoms with Gasteiger partial charge in [-0.05, 0) is 52.3 Å². The molecular formula is C21H29N3O. The van der Waals surface area contributed by atoms with E-state index in [-0.39, 0.29) is 5.91 Å². The van der Waals surface area contributed by atoms with Crippen molar-refractivity contribution >= 4 is 11.6 Å². The summed E-state index contributed by atoms with van der Waals surface area (Å²) < 4.78 is 2.25. The molecule has 0 unspecified atom stereocenters. The Hall–Kier alpha value is -2.23. The molecule has 1 aromatic heterocycles. The van der Waals surface area contributed by atoms with Gasteiger partial charge in [-0.15, -0.1) is 0 Å². The van der Waals surface area contributed by atoms with E-state index in [0.717, 1.165) is 43.1 Å². The highest BCUT2D eigenvalue weighted by molar-refractivity contribution is 5.96. The molecule has 4 nitrogen and oxygen atoms in total. The van der Waals surface area contributed by atoms with Crippen molar-refractivity contribution in [2.75, 3.05) is 31.1 Å². The number of benzene rings is 1. The number of aryl methyl sites for hydroxylation is 2. The third-order valence-electron chi connectivity index (χ3n) is 5.25. The molecule has 0 bridgehead atoms. The third-order valence-corrected chi connectivity index (χ3v) is 5.25. The Morgan fingerprint density at radius 2 is 1.64 bits per heavy atom. The Bertz CT molecular complexity index is 767. The van der Waals surface area contributed by atoms with Crippen LogP contribution >= 0.6 is 0 Å². The number of amides is 1. The fraction of sp³-hybridized carbons (Fsp3) is 0.476. The molecule has 0 aliphatic carbocycles. The predicted octanol–water partition coefficient (Wildman–Crippen LogP) is 3.96. The first-order valence-electron chi connectivity index (χ1n) is 9.18. The SMILES string of the molecule is Cc1ccccc1N1CCN(C(=O)c2cc(C)n(C(C)C)c2C)CC1. The van der Waals surface area contributed by atoms with E-state index in [1.807, 2.05) is 11.0 Å². The van der Waals surface area contributed by atoms with Crippen molar-refractivity contribution in [2.45, 2.75) is 40.7 Å². The van der Waals surface area contributed by atoms with Gasteiger partial charge in [0.25, 0.3) is 5.91 Å². The minimum Gasteiger partial charge on any atom is -0.368 e. The number of aromatic nitrogens is 1. The van der Waals surface area contributed by atoms with E-state index in [9.17, 15) is 4.79 Å². The number of rotatable bonds is 3. The lowest BCUT2D eigenvalue weighted by Gasteiger charge is -2.36. The summed E-state index contributed by atoms with van der Waals surface area (Å²) >= 11 is 0. The molecule has 1 aliphatic rings. The molecule has 25 heavy (non-hydrogen) atoms. The second-order valence-corrected chi connectivity index (χ2v) is 7.31. The molecule has 0 spiro atoms. The number of carbonyl (C=O) groups is 1. The summed E-state index contributed by atoms with van der Waals surface area (Å²) in [7, 11) is 0. The van der Waals surface area contributed by atoms with Crippen molar-refractivity contribution < 1.29 is 4.79 Å². The minimum absolute atomic E-state index is 0.171. The highest BCUT2D eigenvalue weighted by Gasteiger charge is 2.26. The Kier molecular flexibility index (Phi) is 4.89. The zero-order valence-electron chi connectivity index (χ0n) is 16.0. The normalized spacial score (nSPS) is 15.1. The summed E-state index contributed by atoms with van der Waals surface area (Å²) in [6, 6.07) is 10.9. The van der Waals surface area contributed by atoms with Gasteiger partial charge >= 0.3 is 0 Å². The summed E-state index contributed by atoms with van der Waals surface area (Å²) in [6.45, 7) is 13.9. The number of hydrogen-bond acceptors (Lipinski definition) is 2. The zero-order chi connectivity index (χ0) is 18.1. The largest absolute Gasteiger partial charge is 0.368 e. The summed E-state index contributed by atoms with van der Waals surface area (Å²) in [6.07, 6.45) is 0. The average Bonchev–Trinajstić information content (AvgIpc) is 2.89. The third kappa shape index (κ3) is 3.30. The highest BCUT2D eigenvalue weighted by atomic mass is 16.2. The number of anilines is 1. The molecule has 0 radical (unpaired) electrons. The standard InChI is InChI=1S/C21H29N3O/c1-15(2)24-17(4)14-19(18(24)5)21(25)23-12-10-22(11-13-23)20-9-7-6-8-16(20)3/h6-9,14-15H,10-13H2,1-5H3. The predicted molar refractivity (Wildman–Crippen MR) is 104 cm³/mol. The Morgan fingerprint density at radius 1 is 1.00 bits per heavy atom. The Morgan fingerprint density at radius 3 is 2.20 bits per heavy atom. The lowest BCUT2D eigenvalue weighted by Crippen LogP contribution is -2.49. The first kappa shape index (κ1) is 17.6. The van der Waals surface area contributed by atoms with Gasteiger partial charge < -0.3 is 14.4 Å². The minimum atomic E-state index is 0.171. The van der Waals surface area contributed by atoms with E-state index in [1.54, 1.807) is 0 Å². The van der Waals surface area contributed by atoms with Crippen molar-refractivity contribution in [3.05, 3.63) is 52.8 Å². The second-order valence-electron chi connectivity index (χ2n) is 7.31. The van der Waals surface area contributed by atoms with Crippen LogP contribution in [-0.4, -0.2) is 41.6 Å². The second kappa shape index (κ2) is 6.95. The van der Waals surface area contributed by atoms with Gasteiger partial charge in [-0.2, -0.15) is 0 Å². The van der Waals surface area contributed by atoms with Gasteiger partial charge in [-0.25, -0.2) is 0 Å². The quantitative estimate of drug-likeness (QED) is 0.847. The molecule has 1 aromatic carbocycles. The van der Waals surface area contributed by atoms with Crippen molar-refractivity contribution in [1.29, 1.82) is 0 Å². The number of nitrogens with zero attached hydrogens (tertiary/aromatic N) is 3. The highest BCUT2D eigenvalue weighted by Crippen LogP contribution is 2.24. The number of para-hydroxylation sites is 1. The fourth-order valence-electron chi connectivity index (χ4n) is 4.03. The van der Waals surface area contributed by atoms with Crippen molar-refractivity contribution in [3.8, 4) is 0 Å². The summed E-state index contributed by atoms with van der Waals surface area (Å²) in [5.41, 5.74) is 5.68. The van der Waals surface area contributed by atoms with Crippen LogP contribution in [0.5, 0.6) is 0 Å². The van der Waals surface area contributed by atoms with Crippen molar-refractivity contribution in [1.82, 2.24) is 9.47 Å². The van der Waals surface area contributed by atoms with Gasteiger partial charge in [-0.1, -0.05) is 18.2 Å². The molecule has 0 N–H and O–H groups in total. The van der Waals surface area contributed by atoms with Gasteiger partial charge in [0.15, 0.2) is 0 Å². The van der Waals surface area contributed by atoms with Crippen LogP contribution in [0.1, 0.15) is 47.2 Å². The Balaban J connectivity index is 1.72. The van der Waals surface area contributed by atoms with Gasteiger partial charge in [0.1, 0.15) is 0 Å². The molecule has 1 aliphatic heterocycles. The van der Waals surface area contributed by atoms with Gasteiger partial charge in [0.05, 0.1) is 5.56 Å². The van der Waals surface area contributed by atoms with Crippen molar-refractivity contribution in [3.63, 3.8) is 0 Å². The number of piperazine rings is 1. The summed E-state index contributed by atoms with van der Waals surface area (Å²) in [5, 5.41) is 0. The van der Waals surface area contributed by atoms with E-state index < -0.39 is 0 Å². The molecule has 2 aromatic rings. The van der Waals surface area contributed by atoms with Gasteiger partial charge in [0.2, 0.25) is 0 Å². The Labute approximate surface area is 151 Å². The molecule has 3 rings (SSSR count). The maximum Gasteiger partial charge on any atom is 0.255 e. The van der Waals surface area contributed by atoms with Crippen LogP contribution in [0, 0.1) is 20.8 Å². The molecule has 1 fully saturated rings. The monoisotopic (exact) mass is 339 g/mol. The van der Waals surface area contributed by atoms with E-state index >= 15 is 0 Å². The lowest BCUT2D eigenvalue weighted by atomic mass is 10.1. The van der Waals surface area contributed by atoms with E-state index in [4.69, 9.17) is 0 Å². The van der Waals surface area contributed by atoms with Crippen LogP contribution in [0.25, 0.3) is 0 Å². The first-order chi connectivity index (χ1) is 11.9. The maximum atomic E-state index is 13.0. The van der Waals surface area contributed by atoms with Crippen molar-refractivity contribution in [2.24, 2.45) is 0 Å². The maximum absolute atomic E-state index is 13.0.